The van der Waals surface area contributed by atoms with Crippen LogP contribution in [0.25, 0.3) is 6.08 Å². The molecule has 0 bridgehead atoms. The van der Waals surface area contributed by atoms with Gasteiger partial charge in [0.15, 0.2) is 0 Å². The molecule has 0 saturated carbocycles. The molecule has 4 nitrogen and oxygen atoms in total. The van der Waals surface area contributed by atoms with Gasteiger partial charge in [-0.15, -0.1) is 0 Å². The van der Waals surface area contributed by atoms with Gasteiger partial charge in [-0.05, 0) is 29.5 Å². The van der Waals surface area contributed by atoms with E-state index < -0.39 is 12.0 Å². The lowest BCUT2D eigenvalue weighted by atomic mass is 10.0. The number of rotatable bonds is 7. The lowest BCUT2D eigenvalue weighted by molar-refractivity contribution is -0.141. The van der Waals surface area contributed by atoms with Crippen LogP contribution < -0.4 is 5.32 Å². The molecule has 0 heterocycles. The molecule has 21 heavy (non-hydrogen) atoms. The number of hydrogen-bond donors (Lipinski definition) is 2. The van der Waals surface area contributed by atoms with E-state index in [-0.39, 0.29) is 5.91 Å². The summed E-state index contributed by atoms with van der Waals surface area (Å²) in [5, 5.41) is 11.5. The van der Waals surface area contributed by atoms with Gasteiger partial charge in [0.05, 0.1) is 0 Å². The van der Waals surface area contributed by atoms with Crippen molar-refractivity contribution >= 4 is 18.0 Å². The van der Waals surface area contributed by atoms with Crippen molar-refractivity contribution in [3.63, 3.8) is 0 Å². The molecule has 0 saturated heterocycles. The maximum absolute atomic E-state index is 11.7. The summed E-state index contributed by atoms with van der Waals surface area (Å²) < 4.78 is 0. The van der Waals surface area contributed by atoms with Crippen molar-refractivity contribution in [3.05, 3.63) is 41.5 Å². The first-order valence-corrected chi connectivity index (χ1v) is 7.25. The van der Waals surface area contributed by atoms with Crippen molar-refractivity contribution in [1.29, 1.82) is 0 Å². The van der Waals surface area contributed by atoms with Crippen LogP contribution >= 0.6 is 0 Å². The highest BCUT2D eigenvalue weighted by molar-refractivity contribution is 5.94. The van der Waals surface area contributed by atoms with Gasteiger partial charge in [0.25, 0.3) is 0 Å². The first-order valence-electron chi connectivity index (χ1n) is 7.25. The summed E-state index contributed by atoms with van der Waals surface area (Å²) >= 11 is 0. The Morgan fingerprint density at radius 1 is 1.24 bits per heavy atom. The Bertz CT molecular complexity index is 503. The molecule has 1 aromatic rings. The molecule has 2 N–H and O–H groups in total. The molecule has 1 rings (SSSR count). The molecule has 114 valence electrons. The molecule has 0 aliphatic heterocycles. The van der Waals surface area contributed by atoms with E-state index in [0.29, 0.717) is 18.8 Å². The number of hydrogen-bond acceptors (Lipinski definition) is 2. The van der Waals surface area contributed by atoms with Gasteiger partial charge in [0.2, 0.25) is 5.91 Å². The highest BCUT2D eigenvalue weighted by atomic mass is 16.4. The van der Waals surface area contributed by atoms with Gasteiger partial charge in [-0.1, -0.05) is 51.5 Å². The lowest BCUT2D eigenvalue weighted by Gasteiger charge is -2.11. The molecule has 0 radical (unpaired) electrons. The topological polar surface area (TPSA) is 66.4 Å². The molecule has 1 amide bonds. The minimum absolute atomic E-state index is 0.385. The van der Waals surface area contributed by atoms with Gasteiger partial charge in [-0.2, -0.15) is 0 Å². The van der Waals surface area contributed by atoms with Crippen molar-refractivity contribution < 1.29 is 14.7 Å². The number of benzene rings is 1. The number of amides is 1. The number of carboxylic acid groups (broad SMARTS) is 1. The Hall–Kier alpha value is -2.10. The highest BCUT2D eigenvalue weighted by Gasteiger charge is 2.17. The average molecular weight is 289 g/mol. The van der Waals surface area contributed by atoms with Crippen LogP contribution in [-0.2, 0) is 9.59 Å². The molecule has 0 aromatic heterocycles. The molecule has 0 aliphatic carbocycles. The number of carbonyl (C=O) groups excluding carboxylic acids is 1. The second kappa shape index (κ2) is 8.25. The maximum atomic E-state index is 11.7. The van der Waals surface area contributed by atoms with Crippen LogP contribution in [0.5, 0.6) is 0 Å². The summed E-state index contributed by atoms with van der Waals surface area (Å²) in [6.07, 6.45) is 4.19. The van der Waals surface area contributed by atoms with Crippen molar-refractivity contribution in [2.24, 2.45) is 0 Å². The first-order chi connectivity index (χ1) is 9.93. The van der Waals surface area contributed by atoms with Crippen molar-refractivity contribution in [2.75, 3.05) is 0 Å². The molecule has 1 aromatic carbocycles. The summed E-state index contributed by atoms with van der Waals surface area (Å²) in [4.78, 5) is 22.7. The molecule has 0 spiro atoms. The van der Waals surface area contributed by atoms with E-state index in [1.807, 2.05) is 31.2 Å². The summed E-state index contributed by atoms with van der Waals surface area (Å²) in [5.41, 5.74) is 2.16. The van der Waals surface area contributed by atoms with Crippen LogP contribution in [0.15, 0.2) is 30.3 Å². The minimum Gasteiger partial charge on any atom is -0.480 e. The van der Waals surface area contributed by atoms with Crippen LogP contribution in [0, 0.1) is 0 Å². The van der Waals surface area contributed by atoms with Crippen LogP contribution in [0.4, 0.5) is 0 Å². The molecule has 0 aliphatic rings. The van der Waals surface area contributed by atoms with E-state index in [2.05, 4.69) is 19.2 Å². The van der Waals surface area contributed by atoms with Gasteiger partial charge < -0.3 is 10.4 Å². The zero-order valence-electron chi connectivity index (χ0n) is 12.8. The zero-order chi connectivity index (χ0) is 15.8. The fourth-order valence-corrected chi connectivity index (χ4v) is 1.93. The molecule has 0 unspecified atom stereocenters. The smallest absolute Gasteiger partial charge is 0.326 e. The predicted octanol–water partition coefficient (Wildman–Crippen LogP) is 3.19. The second-order valence-corrected chi connectivity index (χ2v) is 5.34. The Kier molecular flexibility index (Phi) is 6.66. The molecule has 0 fully saturated rings. The van der Waals surface area contributed by atoms with Gasteiger partial charge in [-0.3, -0.25) is 4.79 Å². The largest absolute Gasteiger partial charge is 0.480 e. The highest BCUT2D eigenvalue weighted by Crippen LogP contribution is 2.15. The van der Waals surface area contributed by atoms with Gasteiger partial charge in [0, 0.05) is 6.08 Å². The number of carbonyl (C=O) groups is 2. The van der Waals surface area contributed by atoms with Crippen LogP contribution in [0.3, 0.4) is 0 Å². The van der Waals surface area contributed by atoms with Crippen LogP contribution in [-0.4, -0.2) is 23.0 Å². The summed E-state index contributed by atoms with van der Waals surface area (Å²) in [6, 6.07) is 7.12. The molecule has 1 atom stereocenters. The third-order valence-electron chi connectivity index (χ3n) is 3.22. The zero-order valence-corrected chi connectivity index (χ0v) is 12.8. The van der Waals surface area contributed by atoms with Crippen LogP contribution in [0.2, 0.25) is 0 Å². The normalized spacial score (nSPS) is 12.6. The van der Waals surface area contributed by atoms with E-state index in [1.165, 1.54) is 11.6 Å². The lowest BCUT2D eigenvalue weighted by Crippen LogP contribution is -2.39. The number of aliphatic carboxylic acids is 1. The average Bonchev–Trinajstić information content (AvgIpc) is 2.45. The Morgan fingerprint density at radius 2 is 1.86 bits per heavy atom. The maximum Gasteiger partial charge on any atom is 0.326 e. The second-order valence-electron chi connectivity index (χ2n) is 5.34. The third-order valence-corrected chi connectivity index (χ3v) is 3.22. The van der Waals surface area contributed by atoms with E-state index >= 15 is 0 Å². The standard InChI is InChI=1S/C17H23NO3/c1-4-5-15(17(20)21)18-16(19)11-8-13-6-9-14(10-7-13)12(2)3/h6-12,15H,4-5H2,1-3H3,(H,18,19)(H,20,21)/b11-8+/t15-/m0/s1. The minimum atomic E-state index is -1.00. The molecular formula is C17H23NO3. The fourth-order valence-electron chi connectivity index (χ4n) is 1.93. The van der Waals surface area contributed by atoms with E-state index in [9.17, 15) is 9.59 Å². The molecule has 4 heteroatoms. The Balaban J connectivity index is 2.62. The van der Waals surface area contributed by atoms with Gasteiger partial charge in [-0.25, -0.2) is 4.79 Å². The van der Waals surface area contributed by atoms with Gasteiger partial charge >= 0.3 is 5.97 Å². The van der Waals surface area contributed by atoms with E-state index in [1.54, 1.807) is 6.08 Å². The van der Waals surface area contributed by atoms with E-state index in [4.69, 9.17) is 5.11 Å². The Morgan fingerprint density at radius 3 is 2.33 bits per heavy atom. The first kappa shape index (κ1) is 17.0. The van der Waals surface area contributed by atoms with E-state index in [0.717, 1.165) is 5.56 Å². The third kappa shape index (κ3) is 5.81. The van der Waals surface area contributed by atoms with Crippen molar-refractivity contribution in [3.8, 4) is 0 Å². The summed E-state index contributed by atoms with van der Waals surface area (Å²) in [6.45, 7) is 6.13. The van der Waals surface area contributed by atoms with Gasteiger partial charge in [0.1, 0.15) is 6.04 Å². The SMILES string of the molecule is CCC[C@H](NC(=O)/C=C/c1ccc(C(C)C)cc1)C(=O)O. The van der Waals surface area contributed by atoms with Crippen LogP contribution in [0.1, 0.15) is 50.7 Å². The summed E-state index contributed by atoms with van der Waals surface area (Å²) in [7, 11) is 0. The quantitative estimate of drug-likeness (QED) is 0.758. The predicted molar refractivity (Wildman–Crippen MR) is 84.0 cm³/mol. The molecular weight excluding hydrogens is 266 g/mol. The fraction of sp³-hybridized carbons (Fsp3) is 0.412. The summed E-state index contributed by atoms with van der Waals surface area (Å²) in [5.74, 6) is -0.916. The Labute approximate surface area is 125 Å². The van der Waals surface area contributed by atoms with Crippen molar-refractivity contribution in [1.82, 2.24) is 5.32 Å². The van der Waals surface area contributed by atoms with Crippen molar-refractivity contribution in [2.45, 2.75) is 45.6 Å². The number of carboxylic acids is 1. The monoisotopic (exact) mass is 289 g/mol. The number of nitrogens with one attached hydrogen (secondary N) is 1.